The highest BCUT2D eigenvalue weighted by atomic mass is 32.2. The van der Waals surface area contributed by atoms with Gasteiger partial charge in [0.05, 0.1) is 10.5 Å². The van der Waals surface area contributed by atoms with E-state index >= 15 is 0 Å². The van der Waals surface area contributed by atoms with E-state index in [0.29, 0.717) is 5.69 Å². The molecule has 0 saturated carbocycles. The Kier molecular flexibility index (Phi) is 5.10. The fraction of sp³-hybridized carbons (Fsp3) is 0.143. The van der Waals surface area contributed by atoms with Crippen molar-refractivity contribution in [1.82, 2.24) is 4.98 Å². The predicted molar refractivity (Wildman–Crippen MR) is 105 cm³/mol. The summed E-state index contributed by atoms with van der Waals surface area (Å²) < 4.78 is 25.5. The summed E-state index contributed by atoms with van der Waals surface area (Å²) in [6, 6.07) is 15.2. The van der Waals surface area contributed by atoms with Crippen LogP contribution in [0.25, 0.3) is 0 Å². The molecule has 0 saturated heterocycles. The third kappa shape index (κ3) is 3.90. The zero-order valence-electron chi connectivity index (χ0n) is 15.4. The lowest BCUT2D eigenvalue weighted by atomic mass is 10.1. The monoisotopic (exact) mass is 380 g/mol. The molecule has 1 aromatic heterocycles. The van der Waals surface area contributed by atoms with E-state index in [-0.39, 0.29) is 21.4 Å². The standard InChI is InChI=1S/C21H20N2O3S/c1-14-8-10-18(12-16(14)3)27(25,26)20-11-9-17(13-22-20)21(24)23-19-7-5-4-6-15(19)2/h4-13H,1-3H3,(H,23,24). The average molecular weight is 380 g/mol. The summed E-state index contributed by atoms with van der Waals surface area (Å²) in [4.78, 5) is 16.6. The number of para-hydroxylation sites is 1. The maximum atomic E-state index is 12.8. The van der Waals surface area contributed by atoms with E-state index in [0.717, 1.165) is 16.7 Å². The van der Waals surface area contributed by atoms with Gasteiger partial charge in [0, 0.05) is 11.9 Å². The van der Waals surface area contributed by atoms with Crippen LogP contribution in [0, 0.1) is 20.8 Å². The zero-order valence-corrected chi connectivity index (χ0v) is 16.2. The minimum absolute atomic E-state index is 0.0850. The third-order valence-corrected chi connectivity index (χ3v) is 6.12. The largest absolute Gasteiger partial charge is 0.322 e. The van der Waals surface area contributed by atoms with Crippen molar-refractivity contribution in [2.75, 3.05) is 5.32 Å². The predicted octanol–water partition coefficient (Wildman–Crippen LogP) is 4.09. The van der Waals surface area contributed by atoms with Crippen LogP contribution in [0.1, 0.15) is 27.0 Å². The fourth-order valence-electron chi connectivity index (χ4n) is 2.58. The van der Waals surface area contributed by atoms with Gasteiger partial charge < -0.3 is 5.32 Å². The quantitative estimate of drug-likeness (QED) is 0.740. The average Bonchev–Trinajstić information content (AvgIpc) is 2.65. The molecule has 0 bridgehead atoms. The van der Waals surface area contributed by atoms with Crippen LogP contribution in [0.5, 0.6) is 0 Å². The Hall–Kier alpha value is -2.99. The molecule has 0 aliphatic heterocycles. The Morgan fingerprint density at radius 2 is 1.63 bits per heavy atom. The smallest absolute Gasteiger partial charge is 0.257 e. The van der Waals surface area contributed by atoms with Crippen molar-refractivity contribution in [1.29, 1.82) is 0 Å². The Morgan fingerprint density at radius 1 is 0.889 bits per heavy atom. The summed E-state index contributed by atoms with van der Waals surface area (Å²) in [5, 5.41) is 2.72. The van der Waals surface area contributed by atoms with Crippen LogP contribution in [0.4, 0.5) is 5.69 Å². The van der Waals surface area contributed by atoms with Gasteiger partial charge in [-0.1, -0.05) is 24.3 Å². The van der Waals surface area contributed by atoms with Gasteiger partial charge in [0.25, 0.3) is 5.91 Å². The van der Waals surface area contributed by atoms with Gasteiger partial charge in [-0.05, 0) is 67.8 Å². The lowest BCUT2D eigenvalue weighted by molar-refractivity contribution is 0.102. The number of carbonyl (C=O) groups is 1. The molecule has 0 aliphatic carbocycles. The van der Waals surface area contributed by atoms with Crippen molar-refractivity contribution < 1.29 is 13.2 Å². The van der Waals surface area contributed by atoms with Crippen molar-refractivity contribution in [3.63, 3.8) is 0 Å². The van der Waals surface area contributed by atoms with Gasteiger partial charge in [0.15, 0.2) is 5.03 Å². The molecule has 6 heteroatoms. The molecule has 0 radical (unpaired) electrons. The van der Waals surface area contributed by atoms with E-state index in [1.807, 2.05) is 39.0 Å². The van der Waals surface area contributed by atoms with Crippen molar-refractivity contribution in [2.24, 2.45) is 0 Å². The number of aryl methyl sites for hydroxylation is 3. The van der Waals surface area contributed by atoms with E-state index in [1.165, 1.54) is 18.3 Å². The van der Waals surface area contributed by atoms with E-state index in [9.17, 15) is 13.2 Å². The highest BCUT2D eigenvalue weighted by molar-refractivity contribution is 7.91. The molecule has 1 amide bonds. The maximum absolute atomic E-state index is 12.8. The first kappa shape index (κ1) is 18.8. The van der Waals surface area contributed by atoms with Crippen molar-refractivity contribution in [3.8, 4) is 0 Å². The minimum Gasteiger partial charge on any atom is -0.322 e. The Balaban J connectivity index is 1.85. The van der Waals surface area contributed by atoms with Crippen LogP contribution >= 0.6 is 0 Å². The minimum atomic E-state index is -3.73. The molecule has 0 spiro atoms. The summed E-state index contributed by atoms with van der Waals surface area (Å²) in [7, 11) is -3.73. The van der Waals surface area contributed by atoms with Gasteiger partial charge in [-0.2, -0.15) is 0 Å². The number of aromatic nitrogens is 1. The van der Waals surface area contributed by atoms with Gasteiger partial charge >= 0.3 is 0 Å². The van der Waals surface area contributed by atoms with Crippen LogP contribution in [0.2, 0.25) is 0 Å². The number of amides is 1. The summed E-state index contributed by atoms with van der Waals surface area (Å²) in [5.74, 6) is -0.341. The second-order valence-corrected chi connectivity index (χ2v) is 8.30. The molecular weight excluding hydrogens is 360 g/mol. The Morgan fingerprint density at radius 3 is 2.26 bits per heavy atom. The van der Waals surface area contributed by atoms with Crippen LogP contribution in [-0.2, 0) is 9.84 Å². The number of rotatable bonds is 4. The number of carbonyl (C=O) groups excluding carboxylic acids is 1. The van der Waals surface area contributed by atoms with Gasteiger partial charge in [0.2, 0.25) is 9.84 Å². The van der Waals surface area contributed by atoms with Crippen molar-refractivity contribution in [3.05, 3.63) is 83.0 Å². The van der Waals surface area contributed by atoms with Gasteiger partial charge in [-0.15, -0.1) is 0 Å². The number of anilines is 1. The van der Waals surface area contributed by atoms with Crippen LogP contribution in [-0.4, -0.2) is 19.3 Å². The molecule has 3 rings (SSSR count). The highest BCUT2D eigenvalue weighted by Crippen LogP contribution is 2.22. The number of sulfone groups is 1. The number of nitrogens with zero attached hydrogens (tertiary/aromatic N) is 1. The summed E-state index contributed by atoms with van der Waals surface area (Å²) in [6.07, 6.45) is 1.28. The van der Waals surface area contributed by atoms with Crippen LogP contribution in [0.3, 0.4) is 0 Å². The molecular formula is C21H20N2O3S. The van der Waals surface area contributed by atoms with Crippen molar-refractivity contribution in [2.45, 2.75) is 30.7 Å². The number of benzene rings is 2. The molecule has 27 heavy (non-hydrogen) atoms. The normalized spacial score (nSPS) is 11.2. The van der Waals surface area contributed by atoms with Crippen LogP contribution < -0.4 is 5.32 Å². The second kappa shape index (κ2) is 7.32. The molecule has 0 atom stereocenters. The first-order chi connectivity index (χ1) is 12.8. The molecule has 0 unspecified atom stereocenters. The van der Waals surface area contributed by atoms with E-state index in [1.54, 1.807) is 24.3 Å². The number of nitrogens with one attached hydrogen (secondary N) is 1. The fourth-order valence-corrected chi connectivity index (χ4v) is 3.84. The summed E-state index contributed by atoms with van der Waals surface area (Å²) in [6.45, 7) is 5.68. The molecule has 0 aliphatic rings. The SMILES string of the molecule is Cc1ccc(S(=O)(=O)c2ccc(C(=O)Nc3ccccc3C)cn2)cc1C. The zero-order chi connectivity index (χ0) is 19.6. The number of hydrogen-bond acceptors (Lipinski definition) is 4. The lowest BCUT2D eigenvalue weighted by Crippen LogP contribution is -2.14. The summed E-state index contributed by atoms with van der Waals surface area (Å²) >= 11 is 0. The molecule has 2 aromatic carbocycles. The first-order valence-corrected chi connectivity index (χ1v) is 9.93. The number of pyridine rings is 1. The second-order valence-electron chi connectivity index (χ2n) is 6.40. The Bertz CT molecular complexity index is 1100. The molecule has 1 N–H and O–H groups in total. The van der Waals surface area contributed by atoms with Crippen molar-refractivity contribution >= 4 is 21.4 Å². The molecule has 138 valence electrons. The lowest BCUT2D eigenvalue weighted by Gasteiger charge is -2.09. The van der Waals surface area contributed by atoms with E-state index in [2.05, 4.69) is 10.3 Å². The number of hydrogen-bond donors (Lipinski definition) is 1. The maximum Gasteiger partial charge on any atom is 0.257 e. The van der Waals surface area contributed by atoms with E-state index < -0.39 is 9.84 Å². The highest BCUT2D eigenvalue weighted by Gasteiger charge is 2.20. The van der Waals surface area contributed by atoms with Crippen LogP contribution in [0.15, 0.2) is 70.7 Å². The topological polar surface area (TPSA) is 76.1 Å². The third-order valence-electron chi connectivity index (χ3n) is 4.46. The van der Waals surface area contributed by atoms with Gasteiger partial charge in [-0.3, -0.25) is 4.79 Å². The van der Waals surface area contributed by atoms with E-state index in [4.69, 9.17) is 0 Å². The van der Waals surface area contributed by atoms with Gasteiger partial charge in [0.1, 0.15) is 0 Å². The summed E-state index contributed by atoms with van der Waals surface area (Å²) in [5.41, 5.74) is 3.84. The molecule has 1 heterocycles. The Labute approximate surface area is 159 Å². The molecule has 3 aromatic rings. The van der Waals surface area contributed by atoms with Gasteiger partial charge in [-0.25, -0.2) is 13.4 Å². The molecule has 5 nitrogen and oxygen atoms in total. The molecule has 0 fully saturated rings. The first-order valence-electron chi connectivity index (χ1n) is 8.44.